The fraction of sp³-hybridized carbons (Fsp3) is 0.333. The first-order chi connectivity index (χ1) is 14.3. The number of fused-ring (bicyclic) bond motifs is 1. The Morgan fingerprint density at radius 2 is 1.70 bits per heavy atom. The molecule has 0 spiro atoms. The molecule has 0 bridgehead atoms. The summed E-state index contributed by atoms with van der Waals surface area (Å²) in [5.74, 6) is -0.100. The zero-order valence-corrected chi connectivity index (χ0v) is 17.7. The molecule has 0 radical (unpaired) electrons. The lowest BCUT2D eigenvalue weighted by Gasteiger charge is -2.20. The second kappa shape index (κ2) is 9.48. The molecule has 1 aromatic heterocycles. The molecule has 0 aliphatic carbocycles. The van der Waals surface area contributed by atoms with E-state index in [1.165, 1.54) is 0 Å². The van der Waals surface area contributed by atoms with Crippen LogP contribution in [-0.2, 0) is 9.53 Å². The number of hydrogen-bond acceptors (Lipinski definition) is 3. The number of para-hydroxylation sites is 1. The van der Waals surface area contributed by atoms with Gasteiger partial charge in [0.25, 0.3) is 0 Å². The molecule has 3 aromatic rings. The minimum absolute atomic E-state index is 0.0186. The van der Waals surface area contributed by atoms with Gasteiger partial charge in [-0.25, -0.2) is 4.79 Å². The number of nitrogens with one attached hydrogen (secondary N) is 3. The number of H-pyrrole nitrogens is 1. The smallest absolute Gasteiger partial charge is 0.407 e. The average Bonchev–Trinajstić information content (AvgIpc) is 3.12. The van der Waals surface area contributed by atoms with Crippen molar-refractivity contribution in [3.8, 4) is 0 Å². The fourth-order valence-corrected chi connectivity index (χ4v) is 3.37. The summed E-state index contributed by atoms with van der Waals surface area (Å²) in [6.07, 6.45) is 1.68. The van der Waals surface area contributed by atoms with Crippen molar-refractivity contribution in [2.45, 2.75) is 38.7 Å². The lowest BCUT2D eigenvalue weighted by molar-refractivity contribution is -0.120. The maximum atomic E-state index is 12.4. The van der Waals surface area contributed by atoms with Crippen LogP contribution in [0.5, 0.6) is 0 Å². The van der Waals surface area contributed by atoms with Gasteiger partial charge in [-0.05, 0) is 38.0 Å². The normalized spacial score (nSPS) is 12.4. The molecule has 1 atom stereocenters. The van der Waals surface area contributed by atoms with Crippen molar-refractivity contribution in [1.29, 1.82) is 0 Å². The summed E-state index contributed by atoms with van der Waals surface area (Å²) >= 11 is 0. The van der Waals surface area contributed by atoms with E-state index in [1.54, 1.807) is 20.8 Å². The second-order valence-electron chi connectivity index (χ2n) is 8.24. The van der Waals surface area contributed by atoms with Crippen LogP contribution in [0.25, 0.3) is 10.9 Å². The average molecular weight is 408 g/mol. The maximum Gasteiger partial charge on any atom is 0.407 e. The van der Waals surface area contributed by atoms with Crippen LogP contribution < -0.4 is 10.6 Å². The molecule has 0 saturated carbocycles. The van der Waals surface area contributed by atoms with E-state index >= 15 is 0 Å². The SMILES string of the molecule is CC(C)(C)OC(=O)NCCC(=O)NCC(c1ccccc1)c1c[nH]c2ccccc12. The standard InChI is InChI=1S/C24H29N3O3/c1-24(2,3)30-23(29)25-14-13-22(28)27-15-19(17-9-5-4-6-10-17)20-16-26-21-12-8-7-11-18(20)21/h4-12,16,19,26H,13-15H2,1-3H3,(H,25,29)(H,27,28). The number of carbonyl (C=O) groups excluding carboxylic acids is 2. The third-order valence-corrected chi connectivity index (χ3v) is 4.72. The molecule has 3 rings (SSSR count). The molecule has 6 nitrogen and oxygen atoms in total. The Bertz CT molecular complexity index is 990. The monoisotopic (exact) mass is 407 g/mol. The van der Waals surface area contributed by atoms with E-state index in [-0.39, 0.29) is 24.8 Å². The van der Waals surface area contributed by atoms with E-state index in [9.17, 15) is 9.59 Å². The van der Waals surface area contributed by atoms with Crippen LogP contribution in [0.1, 0.15) is 44.2 Å². The summed E-state index contributed by atoms with van der Waals surface area (Å²) in [7, 11) is 0. The largest absolute Gasteiger partial charge is 0.444 e. The predicted octanol–water partition coefficient (Wildman–Crippen LogP) is 4.33. The lowest BCUT2D eigenvalue weighted by atomic mass is 9.91. The van der Waals surface area contributed by atoms with Crippen LogP contribution >= 0.6 is 0 Å². The van der Waals surface area contributed by atoms with Gasteiger partial charge in [0.15, 0.2) is 0 Å². The zero-order chi connectivity index (χ0) is 21.6. The summed E-state index contributed by atoms with van der Waals surface area (Å²) in [4.78, 5) is 27.4. The molecule has 0 aliphatic heterocycles. The summed E-state index contributed by atoms with van der Waals surface area (Å²) < 4.78 is 5.18. The molecule has 0 aliphatic rings. The Morgan fingerprint density at radius 1 is 1.00 bits per heavy atom. The molecule has 2 amide bonds. The zero-order valence-electron chi connectivity index (χ0n) is 17.7. The minimum Gasteiger partial charge on any atom is -0.444 e. The van der Waals surface area contributed by atoms with Crippen molar-refractivity contribution in [2.75, 3.05) is 13.1 Å². The van der Waals surface area contributed by atoms with Crippen LogP contribution in [0.15, 0.2) is 60.8 Å². The van der Waals surface area contributed by atoms with Crippen molar-refractivity contribution in [2.24, 2.45) is 0 Å². The van der Waals surface area contributed by atoms with Crippen LogP contribution in [0, 0.1) is 0 Å². The van der Waals surface area contributed by atoms with Crippen molar-refractivity contribution < 1.29 is 14.3 Å². The van der Waals surface area contributed by atoms with Gasteiger partial charge in [0.2, 0.25) is 5.91 Å². The van der Waals surface area contributed by atoms with Crippen LogP contribution in [0.4, 0.5) is 4.79 Å². The molecule has 3 N–H and O–H groups in total. The van der Waals surface area contributed by atoms with E-state index in [1.807, 2.05) is 42.6 Å². The molecule has 1 unspecified atom stereocenters. The number of benzene rings is 2. The molecule has 30 heavy (non-hydrogen) atoms. The number of hydrogen-bond donors (Lipinski definition) is 3. The number of rotatable bonds is 7. The molecular formula is C24H29N3O3. The van der Waals surface area contributed by atoms with Crippen LogP contribution in [-0.4, -0.2) is 35.7 Å². The summed E-state index contributed by atoms with van der Waals surface area (Å²) in [6.45, 7) is 6.09. The Labute approximate surface area is 177 Å². The fourth-order valence-electron chi connectivity index (χ4n) is 3.37. The minimum atomic E-state index is -0.561. The van der Waals surface area contributed by atoms with Gasteiger partial charge in [-0.1, -0.05) is 48.5 Å². The van der Waals surface area contributed by atoms with Crippen molar-refractivity contribution >= 4 is 22.9 Å². The Hall–Kier alpha value is -3.28. The molecule has 158 valence electrons. The highest BCUT2D eigenvalue weighted by molar-refractivity contribution is 5.84. The van der Waals surface area contributed by atoms with Gasteiger partial charge >= 0.3 is 6.09 Å². The van der Waals surface area contributed by atoms with Gasteiger partial charge < -0.3 is 20.4 Å². The van der Waals surface area contributed by atoms with E-state index in [4.69, 9.17) is 4.74 Å². The molecular weight excluding hydrogens is 378 g/mol. The highest BCUT2D eigenvalue weighted by atomic mass is 16.6. The van der Waals surface area contributed by atoms with Gasteiger partial charge in [0.1, 0.15) is 5.60 Å². The Morgan fingerprint density at radius 3 is 2.43 bits per heavy atom. The number of ether oxygens (including phenoxy) is 1. The van der Waals surface area contributed by atoms with E-state index in [0.717, 1.165) is 22.0 Å². The van der Waals surface area contributed by atoms with Crippen molar-refractivity contribution in [1.82, 2.24) is 15.6 Å². The number of amides is 2. The number of aromatic amines is 1. The van der Waals surface area contributed by atoms with Crippen LogP contribution in [0.3, 0.4) is 0 Å². The first kappa shape index (κ1) is 21.4. The first-order valence-corrected chi connectivity index (χ1v) is 10.2. The van der Waals surface area contributed by atoms with E-state index < -0.39 is 11.7 Å². The lowest BCUT2D eigenvalue weighted by Crippen LogP contribution is -2.36. The van der Waals surface area contributed by atoms with Crippen molar-refractivity contribution in [3.05, 3.63) is 71.9 Å². The van der Waals surface area contributed by atoms with Crippen LogP contribution in [0.2, 0.25) is 0 Å². The number of aromatic nitrogens is 1. The van der Waals surface area contributed by atoms with Crippen molar-refractivity contribution in [3.63, 3.8) is 0 Å². The van der Waals surface area contributed by atoms with Gasteiger partial charge in [-0.2, -0.15) is 0 Å². The Kier molecular flexibility index (Phi) is 6.77. The molecule has 6 heteroatoms. The Balaban J connectivity index is 1.62. The third kappa shape index (κ3) is 5.86. The predicted molar refractivity (Wildman–Crippen MR) is 118 cm³/mol. The second-order valence-corrected chi connectivity index (χ2v) is 8.24. The topological polar surface area (TPSA) is 83.2 Å². The van der Waals surface area contributed by atoms with E-state index in [2.05, 4.69) is 33.8 Å². The highest BCUT2D eigenvalue weighted by Crippen LogP contribution is 2.30. The first-order valence-electron chi connectivity index (χ1n) is 10.2. The highest BCUT2D eigenvalue weighted by Gasteiger charge is 2.19. The van der Waals surface area contributed by atoms with E-state index in [0.29, 0.717) is 6.54 Å². The van der Waals surface area contributed by atoms with Gasteiger partial charge in [-0.3, -0.25) is 4.79 Å². The molecule has 2 aromatic carbocycles. The molecule has 0 saturated heterocycles. The summed E-state index contributed by atoms with van der Waals surface area (Å²) in [5, 5.41) is 6.77. The number of alkyl carbamates (subject to hydrolysis) is 1. The molecule has 0 fully saturated rings. The van der Waals surface area contributed by atoms with Gasteiger partial charge in [0.05, 0.1) is 0 Å². The number of carbonyl (C=O) groups is 2. The molecule has 1 heterocycles. The quantitative estimate of drug-likeness (QED) is 0.545. The summed E-state index contributed by atoms with van der Waals surface area (Å²) in [5.41, 5.74) is 2.79. The van der Waals surface area contributed by atoms with Gasteiger partial charge in [0, 0.05) is 42.5 Å². The summed E-state index contributed by atoms with van der Waals surface area (Å²) in [6, 6.07) is 18.3. The third-order valence-electron chi connectivity index (χ3n) is 4.72. The van der Waals surface area contributed by atoms with Gasteiger partial charge in [-0.15, -0.1) is 0 Å². The maximum absolute atomic E-state index is 12.4.